The Labute approximate surface area is 179 Å². The summed E-state index contributed by atoms with van der Waals surface area (Å²) in [4.78, 5) is 28.4. The monoisotopic (exact) mass is 417 g/mol. The summed E-state index contributed by atoms with van der Waals surface area (Å²) >= 11 is 1.40. The molecule has 0 saturated heterocycles. The van der Waals surface area contributed by atoms with Crippen LogP contribution in [0, 0.1) is 0 Å². The van der Waals surface area contributed by atoms with Crippen molar-refractivity contribution in [2.75, 3.05) is 16.8 Å². The average molecular weight is 418 g/mol. The number of nitrogens with zero attached hydrogens (tertiary/aromatic N) is 1. The Kier molecular flexibility index (Phi) is 5.01. The van der Waals surface area contributed by atoms with Crippen molar-refractivity contribution < 1.29 is 9.59 Å². The maximum atomic E-state index is 13.0. The van der Waals surface area contributed by atoms with E-state index in [0.29, 0.717) is 16.1 Å². The fourth-order valence-corrected chi connectivity index (χ4v) is 4.48. The van der Waals surface area contributed by atoms with Crippen LogP contribution in [0.1, 0.15) is 44.0 Å². The molecule has 1 fully saturated rings. The third kappa shape index (κ3) is 3.96. The lowest BCUT2D eigenvalue weighted by atomic mass is 9.98. The lowest BCUT2D eigenvalue weighted by molar-refractivity contribution is 0.0950. The third-order valence-corrected chi connectivity index (χ3v) is 6.50. The van der Waals surface area contributed by atoms with Crippen LogP contribution >= 0.6 is 11.3 Å². The van der Waals surface area contributed by atoms with Crippen molar-refractivity contribution in [1.82, 2.24) is 5.32 Å². The molecular weight excluding hydrogens is 394 g/mol. The van der Waals surface area contributed by atoms with Crippen LogP contribution in [0.4, 0.5) is 11.4 Å². The maximum absolute atomic E-state index is 13.0. The van der Waals surface area contributed by atoms with E-state index in [1.807, 2.05) is 23.6 Å². The number of anilines is 2. The second-order valence-corrected chi connectivity index (χ2v) is 8.80. The van der Waals surface area contributed by atoms with Crippen LogP contribution in [0.15, 0.2) is 60.0 Å². The number of hydrogen-bond donors (Lipinski definition) is 2. The summed E-state index contributed by atoms with van der Waals surface area (Å²) in [5.41, 5.74) is 4.84. The molecule has 30 heavy (non-hydrogen) atoms. The molecule has 0 bridgehead atoms. The molecule has 1 aliphatic heterocycles. The van der Waals surface area contributed by atoms with Gasteiger partial charge >= 0.3 is 0 Å². The van der Waals surface area contributed by atoms with Crippen LogP contribution in [0.5, 0.6) is 0 Å². The Morgan fingerprint density at radius 1 is 0.967 bits per heavy atom. The Bertz CT molecular complexity index is 1090. The van der Waals surface area contributed by atoms with Crippen LogP contribution in [-0.4, -0.2) is 24.4 Å². The van der Waals surface area contributed by atoms with Crippen LogP contribution in [0.2, 0.25) is 0 Å². The minimum absolute atomic E-state index is 0.0708. The molecule has 3 aromatic rings. The van der Waals surface area contributed by atoms with E-state index in [2.05, 4.69) is 39.8 Å². The summed E-state index contributed by atoms with van der Waals surface area (Å²) in [5, 5.41) is 7.90. The van der Waals surface area contributed by atoms with Gasteiger partial charge < -0.3 is 15.5 Å². The van der Waals surface area contributed by atoms with Crippen molar-refractivity contribution in [3.8, 4) is 0 Å². The van der Waals surface area contributed by atoms with E-state index in [1.54, 1.807) is 12.1 Å². The zero-order chi connectivity index (χ0) is 20.5. The minimum Gasteiger partial charge on any atom is -0.366 e. The Balaban J connectivity index is 1.44. The molecule has 0 radical (unpaired) electrons. The molecule has 1 aliphatic carbocycles. The van der Waals surface area contributed by atoms with E-state index in [1.165, 1.54) is 22.5 Å². The van der Waals surface area contributed by atoms with Gasteiger partial charge in [-0.2, -0.15) is 0 Å². The van der Waals surface area contributed by atoms with Gasteiger partial charge in [0.15, 0.2) is 0 Å². The molecule has 2 aliphatic rings. The van der Waals surface area contributed by atoms with Gasteiger partial charge in [-0.3, -0.25) is 9.59 Å². The highest BCUT2D eigenvalue weighted by Crippen LogP contribution is 2.31. The van der Waals surface area contributed by atoms with E-state index >= 15 is 0 Å². The number of carbonyl (C=O) groups is 2. The summed E-state index contributed by atoms with van der Waals surface area (Å²) in [5.74, 6) is -0.225. The van der Waals surface area contributed by atoms with Gasteiger partial charge in [-0.05, 0) is 60.0 Å². The van der Waals surface area contributed by atoms with Gasteiger partial charge in [0.1, 0.15) is 0 Å². The van der Waals surface area contributed by atoms with E-state index < -0.39 is 0 Å². The molecule has 0 spiro atoms. The molecular formula is C24H23N3O2S. The summed E-state index contributed by atoms with van der Waals surface area (Å²) < 4.78 is 0. The van der Waals surface area contributed by atoms with E-state index in [0.717, 1.165) is 38.0 Å². The van der Waals surface area contributed by atoms with Crippen molar-refractivity contribution >= 4 is 34.5 Å². The zero-order valence-electron chi connectivity index (χ0n) is 16.6. The fraction of sp³-hybridized carbons (Fsp3) is 0.250. The molecule has 1 saturated carbocycles. The lowest BCUT2D eigenvalue weighted by Crippen LogP contribution is -2.33. The number of hydrogen-bond acceptors (Lipinski definition) is 4. The molecule has 2 amide bonds. The smallest absolute Gasteiger partial charge is 0.265 e. The molecule has 1 aromatic heterocycles. The third-order valence-electron chi connectivity index (χ3n) is 5.63. The summed E-state index contributed by atoms with van der Waals surface area (Å²) in [6, 6.07) is 18.0. The number of fused-ring (bicyclic) bond motifs is 1. The highest BCUT2D eigenvalue weighted by molar-refractivity contribution is 7.12. The average Bonchev–Trinajstić information content (AvgIpc) is 3.41. The van der Waals surface area contributed by atoms with Crippen LogP contribution in [0.3, 0.4) is 0 Å². The maximum Gasteiger partial charge on any atom is 0.265 e. The number of rotatable bonds is 5. The van der Waals surface area contributed by atoms with Gasteiger partial charge in [0, 0.05) is 30.5 Å². The van der Waals surface area contributed by atoms with E-state index in [-0.39, 0.29) is 17.9 Å². The van der Waals surface area contributed by atoms with E-state index in [9.17, 15) is 9.59 Å². The summed E-state index contributed by atoms with van der Waals surface area (Å²) in [7, 11) is 0. The predicted octanol–water partition coefficient (Wildman–Crippen LogP) is 4.46. The first-order valence-corrected chi connectivity index (χ1v) is 11.2. The SMILES string of the molecule is O=C(Nc1ccc(N2CCc3ccccc3C2)c(C(=O)NC2CC2)c1)c1cccs1. The van der Waals surface area contributed by atoms with Crippen molar-refractivity contribution in [3.63, 3.8) is 0 Å². The first kappa shape index (κ1) is 18.9. The van der Waals surface area contributed by atoms with Gasteiger partial charge in [-0.1, -0.05) is 30.3 Å². The Morgan fingerprint density at radius 3 is 2.57 bits per heavy atom. The number of carbonyl (C=O) groups excluding carboxylic acids is 2. The predicted molar refractivity (Wildman–Crippen MR) is 120 cm³/mol. The van der Waals surface area contributed by atoms with E-state index in [4.69, 9.17) is 0 Å². The number of amides is 2. The lowest BCUT2D eigenvalue weighted by Gasteiger charge is -2.32. The molecule has 2 aromatic carbocycles. The van der Waals surface area contributed by atoms with Gasteiger partial charge in [-0.15, -0.1) is 11.3 Å². The Hall–Kier alpha value is -3.12. The molecule has 152 valence electrons. The quantitative estimate of drug-likeness (QED) is 0.645. The van der Waals surface area contributed by atoms with Gasteiger partial charge in [0.05, 0.1) is 10.4 Å². The van der Waals surface area contributed by atoms with Crippen LogP contribution < -0.4 is 15.5 Å². The molecule has 5 rings (SSSR count). The largest absolute Gasteiger partial charge is 0.366 e. The normalized spacial score (nSPS) is 15.4. The first-order valence-electron chi connectivity index (χ1n) is 10.3. The highest BCUT2D eigenvalue weighted by Gasteiger charge is 2.27. The van der Waals surface area contributed by atoms with Crippen molar-refractivity contribution in [2.45, 2.75) is 31.8 Å². The molecule has 6 heteroatoms. The molecule has 2 N–H and O–H groups in total. The Morgan fingerprint density at radius 2 is 1.80 bits per heavy atom. The topological polar surface area (TPSA) is 61.4 Å². The second kappa shape index (κ2) is 7.95. The number of thiophene rings is 1. The summed E-state index contributed by atoms with van der Waals surface area (Å²) in [6.07, 6.45) is 3.02. The second-order valence-electron chi connectivity index (χ2n) is 7.85. The van der Waals surface area contributed by atoms with Crippen LogP contribution in [-0.2, 0) is 13.0 Å². The highest BCUT2D eigenvalue weighted by atomic mass is 32.1. The number of benzene rings is 2. The molecule has 2 heterocycles. The molecule has 5 nitrogen and oxygen atoms in total. The standard InChI is InChI=1S/C24H23N3O2S/c28-23(25-18-7-8-18)20-14-19(26-24(29)22-6-3-13-30-22)9-10-21(20)27-12-11-16-4-1-2-5-17(16)15-27/h1-6,9-10,13-14,18H,7-8,11-12,15H2,(H,25,28)(H,26,29). The van der Waals surface area contributed by atoms with Crippen molar-refractivity contribution in [3.05, 3.63) is 81.5 Å². The zero-order valence-corrected chi connectivity index (χ0v) is 17.4. The minimum atomic E-state index is -0.154. The first-order chi connectivity index (χ1) is 14.7. The molecule has 0 atom stereocenters. The fourth-order valence-electron chi connectivity index (χ4n) is 3.86. The van der Waals surface area contributed by atoms with Crippen molar-refractivity contribution in [2.24, 2.45) is 0 Å². The van der Waals surface area contributed by atoms with Crippen LogP contribution in [0.25, 0.3) is 0 Å². The van der Waals surface area contributed by atoms with Gasteiger partial charge in [0.2, 0.25) is 0 Å². The van der Waals surface area contributed by atoms with Gasteiger partial charge in [-0.25, -0.2) is 0 Å². The van der Waals surface area contributed by atoms with Gasteiger partial charge in [0.25, 0.3) is 11.8 Å². The summed E-state index contributed by atoms with van der Waals surface area (Å²) in [6.45, 7) is 1.64. The van der Waals surface area contributed by atoms with Crippen molar-refractivity contribution in [1.29, 1.82) is 0 Å². The number of nitrogens with one attached hydrogen (secondary N) is 2. The molecule has 0 unspecified atom stereocenters.